The fraction of sp³-hybridized carbons (Fsp3) is 0.333. The van der Waals surface area contributed by atoms with Gasteiger partial charge in [0.2, 0.25) is 0 Å². The van der Waals surface area contributed by atoms with Gasteiger partial charge in [0, 0.05) is 0 Å². The lowest BCUT2D eigenvalue weighted by Gasteiger charge is -2.00. The molecule has 0 aromatic rings. The van der Waals surface area contributed by atoms with E-state index < -0.39 is 14.3 Å². The van der Waals surface area contributed by atoms with E-state index in [4.69, 9.17) is 6.42 Å². The predicted molar refractivity (Wildman–Crippen MR) is 42.9 cm³/mol. The van der Waals surface area contributed by atoms with Gasteiger partial charge in [0.05, 0.1) is 0 Å². The molecule has 0 saturated heterocycles. The lowest BCUT2D eigenvalue weighted by molar-refractivity contribution is 0.587. The highest BCUT2D eigenvalue weighted by molar-refractivity contribution is 14.1. The first-order chi connectivity index (χ1) is 3.95. The summed E-state index contributed by atoms with van der Waals surface area (Å²) in [6.07, 6.45) is 4.84. The van der Waals surface area contributed by atoms with Crippen LogP contribution in [0.2, 0.25) is 0 Å². The largest absolute Gasteiger partial charge is 0.276 e. The summed E-state index contributed by atoms with van der Waals surface area (Å²) in [6.45, 7) is 0. The van der Waals surface area contributed by atoms with Gasteiger partial charge in [-0.25, -0.2) is 5.14 Å². The molecular formula is C3H5IN2O2S. The standard InChI is InChI=1S/C3H5IN2O2S/c1-2-3(4)6-9(5,7)8/h1,3,6H,(H2,5,7,8). The SMILES string of the molecule is C#CC(I)NS(N)(=O)=O. The molecule has 1 atom stereocenters. The van der Waals surface area contributed by atoms with E-state index in [-0.39, 0.29) is 0 Å². The van der Waals surface area contributed by atoms with E-state index in [0.717, 1.165) is 0 Å². The Bertz CT molecular complexity index is 216. The highest BCUT2D eigenvalue weighted by Crippen LogP contribution is 1.92. The Kier molecular flexibility index (Phi) is 3.42. The van der Waals surface area contributed by atoms with E-state index in [1.807, 2.05) is 4.72 Å². The van der Waals surface area contributed by atoms with Crippen LogP contribution in [-0.2, 0) is 10.2 Å². The lowest BCUT2D eigenvalue weighted by atomic mass is 10.7. The Morgan fingerprint density at radius 2 is 2.22 bits per heavy atom. The van der Waals surface area contributed by atoms with E-state index in [0.29, 0.717) is 0 Å². The molecule has 1 unspecified atom stereocenters. The van der Waals surface area contributed by atoms with Gasteiger partial charge in [-0.3, -0.25) is 0 Å². The lowest BCUT2D eigenvalue weighted by Crippen LogP contribution is -2.35. The van der Waals surface area contributed by atoms with Crippen LogP contribution in [0.25, 0.3) is 0 Å². The normalized spacial score (nSPS) is 14.3. The van der Waals surface area contributed by atoms with Crippen molar-refractivity contribution < 1.29 is 8.42 Å². The van der Waals surface area contributed by atoms with Gasteiger partial charge in [0.25, 0.3) is 10.2 Å². The van der Waals surface area contributed by atoms with Gasteiger partial charge in [-0.05, 0) is 22.6 Å². The molecule has 52 valence electrons. The van der Waals surface area contributed by atoms with Gasteiger partial charge < -0.3 is 0 Å². The molecule has 0 fully saturated rings. The topological polar surface area (TPSA) is 72.2 Å². The highest BCUT2D eigenvalue weighted by atomic mass is 127. The molecule has 0 saturated carbocycles. The minimum absolute atomic E-state index is 0.572. The summed E-state index contributed by atoms with van der Waals surface area (Å²) in [6, 6.07) is 0. The summed E-state index contributed by atoms with van der Waals surface area (Å²) in [5, 5.41) is 4.57. The summed E-state index contributed by atoms with van der Waals surface area (Å²) < 4.78 is 21.7. The van der Waals surface area contributed by atoms with E-state index in [9.17, 15) is 8.42 Å². The number of nitrogens with two attached hydrogens (primary N) is 1. The van der Waals surface area contributed by atoms with Crippen LogP contribution in [-0.4, -0.2) is 12.5 Å². The molecule has 6 heteroatoms. The molecule has 0 spiro atoms. The van der Waals surface area contributed by atoms with Crippen LogP contribution in [0.1, 0.15) is 0 Å². The van der Waals surface area contributed by atoms with Gasteiger partial charge >= 0.3 is 0 Å². The molecule has 0 heterocycles. The van der Waals surface area contributed by atoms with Gasteiger partial charge in [-0.1, -0.05) is 5.92 Å². The Hall–Kier alpha value is 0.160. The fourth-order valence-electron chi connectivity index (χ4n) is 0.178. The zero-order valence-corrected chi connectivity index (χ0v) is 7.31. The zero-order valence-electron chi connectivity index (χ0n) is 4.33. The molecule has 0 aromatic carbocycles. The van der Waals surface area contributed by atoms with Crippen molar-refractivity contribution in [2.75, 3.05) is 0 Å². The molecule has 0 radical (unpaired) electrons. The summed E-state index contributed by atoms with van der Waals surface area (Å²) in [5.74, 6) is 2.14. The summed E-state index contributed by atoms with van der Waals surface area (Å²) in [5.41, 5.74) is 0. The average molecular weight is 260 g/mol. The number of hydrogen-bond acceptors (Lipinski definition) is 2. The summed E-state index contributed by atoms with van der Waals surface area (Å²) in [7, 11) is -3.64. The average Bonchev–Trinajstić information content (AvgIpc) is 1.62. The van der Waals surface area contributed by atoms with Crippen LogP contribution in [0.3, 0.4) is 0 Å². The van der Waals surface area contributed by atoms with E-state index in [2.05, 4.69) is 11.1 Å². The van der Waals surface area contributed by atoms with Crippen LogP contribution in [0, 0.1) is 12.3 Å². The third kappa shape index (κ3) is 6.04. The van der Waals surface area contributed by atoms with Crippen molar-refractivity contribution in [2.24, 2.45) is 5.14 Å². The van der Waals surface area contributed by atoms with Crippen LogP contribution in [0.4, 0.5) is 0 Å². The molecule has 4 nitrogen and oxygen atoms in total. The van der Waals surface area contributed by atoms with Gasteiger partial charge in [0.1, 0.15) is 4.05 Å². The van der Waals surface area contributed by atoms with Crippen molar-refractivity contribution in [3.8, 4) is 12.3 Å². The second kappa shape index (κ2) is 3.36. The second-order valence-electron chi connectivity index (χ2n) is 1.19. The number of halogens is 1. The quantitative estimate of drug-likeness (QED) is 0.294. The molecule has 3 N–H and O–H groups in total. The van der Waals surface area contributed by atoms with Crippen LogP contribution < -0.4 is 9.86 Å². The minimum atomic E-state index is -3.64. The van der Waals surface area contributed by atoms with Crippen molar-refractivity contribution in [1.29, 1.82) is 0 Å². The first-order valence-corrected chi connectivity index (χ1v) is 4.65. The summed E-state index contributed by atoms with van der Waals surface area (Å²) in [4.78, 5) is 0. The Labute approximate surface area is 67.5 Å². The van der Waals surface area contributed by atoms with E-state index >= 15 is 0 Å². The Balaban J connectivity index is 3.94. The molecule has 0 aliphatic rings. The van der Waals surface area contributed by atoms with Crippen LogP contribution in [0.5, 0.6) is 0 Å². The third-order valence-corrected chi connectivity index (χ3v) is 2.07. The van der Waals surface area contributed by atoms with Crippen molar-refractivity contribution in [3.05, 3.63) is 0 Å². The summed E-state index contributed by atoms with van der Waals surface area (Å²) >= 11 is 1.72. The second-order valence-corrected chi connectivity index (χ2v) is 3.76. The molecular weight excluding hydrogens is 255 g/mol. The maximum Gasteiger partial charge on any atom is 0.276 e. The van der Waals surface area contributed by atoms with Crippen molar-refractivity contribution >= 4 is 32.8 Å². The first kappa shape index (κ1) is 9.16. The zero-order chi connectivity index (χ0) is 7.49. The molecule has 0 rings (SSSR count). The fourth-order valence-corrected chi connectivity index (χ4v) is 1.60. The Morgan fingerprint density at radius 1 is 1.78 bits per heavy atom. The highest BCUT2D eigenvalue weighted by Gasteiger charge is 2.05. The Morgan fingerprint density at radius 3 is 2.33 bits per heavy atom. The number of rotatable bonds is 2. The van der Waals surface area contributed by atoms with Gasteiger partial charge in [-0.15, -0.1) is 6.42 Å². The smallest absolute Gasteiger partial charge is 0.216 e. The van der Waals surface area contributed by atoms with Gasteiger partial charge in [-0.2, -0.15) is 13.1 Å². The van der Waals surface area contributed by atoms with E-state index in [1.54, 1.807) is 22.6 Å². The first-order valence-electron chi connectivity index (χ1n) is 1.86. The number of nitrogens with one attached hydrogen (secondary N) is 1. The van der Waals surface area contributed by atoms with Crippen LogP contribution in [0.15, 0.2) is 0 Å². The molecule has 9 heavy (non-hydrogen) atoms. The maximum absolute atomic E-state index is 10.2. The van der Waals surface area contributed by atoms with Gasteiger partial charge in [0.15, 0.2) is 0 Å². The van der Waals surface area contributed by atoms with Crippen molar-refractivity contribution in [1.82, 2.24) is 4.72 Å². The van der Waals surface area contributed by atoms with E-state index in [1.165, 1.54) is 0 Å². The van der Waals surface area contributed by atoms with Crippen molar-refractivity contribution in [3.63, 3.8) is 0 Å². The molecule has 0 amide bonds. The van der Waals surface area contributed by atoms with Crippen molar-refractivity contribution in [2.45, 2.75) is 4.05 Å². The maximum atomic E-state index is 10.2. The third-order valence-electron chi connectivity index (χ3n) is 0.414. The molecule has 0 bridgehead atoms. The van der Waals surface area contributed by atoms with Crippen LogP contribution >= 0.6 is 22.6 Å². The minimum Gasteiger partial charge on any atom is -0.216 e. The number of terminal acetylenes is 1. The number of alkyl halides is 1. The number of hydrogen-bond donors (Lipinski definition) is 2. The monoisotopic (exact) mass is 260 g/mol. The molecule has 0 aliphatic carbocycles. The molecule has 0 aliphatic heterocycles. The molecule has 0 aromatic heterocycles. The predicted octanol–water partition coefficient (Wildman–Crippen LogP) is -0.826.